The average Bonchev–Trinajstić information content (AvgIpc) is 3.12. The Kier molecular flexibility index (Phi) is 13.3. The van der Waals surface area contributed by atoms with E-state index in [2.05, 4.69) is 5.32 Å². The van der Waals surface area contributed by atoms with Gasteiger partial charge in [-0.3, -0.25) is 13.9 Å². The van der Waals surface area contributed by atoms with E-state index in [-0.39, 0.29) is 41.2 Å². The standard InChI is InChI=1S/C39H47N3O7S/c1-7-29(4)40-39(44)35(24-30-14-10-9-11-15-30)41(26-31-16-12-13-28(3)23-31)38(43)27-42(32-17-19-33(20-18-32)49-8-2)50(45,46)34-21-22-36(47-5)37(25-34)48-6/h9-23,25,29,35H,7-8,24,26-27H2,1-6H3,(H,40,44)/t29-,35-/m1/s1. The van der Waals surface area contributed by atoms with Crippen molar-refractivity contribution in [2.24, 2.45) is 0 Å². The molecule has 0 aliphatic heterocycles. The van der Waals surface area contributed by atoms with Gasteiger partial charge in [-0.15, -0.1) is 0 Å². The lowest BCUT2D eigenvalue weighted by Gasteiger charge is -2.34. The van der Waals surface area contributed by atoms with Crippen molar-refractivity contribution in [3.63, 3.8) is 0 Å². The monoisotopic (exact) mass is 701 g/mol. The van der Waals surface area contributed by atoms with Gasteiger partial charge in [0.1, 0.15) is 18.3 Å². The van der Waals surface area contributed by atoms with Gasteiger partial charge in [0.2, 0.25) is 11.8 Å². The van der Waals surface area contributed by atoms with Gasteiger partial charge in [0.25, 0.3) is 10.0 Å². The third-order valence-corrected chi connectivity index (χ3v) is 10.1. The number of carbonyl (C=O) groups excluding carboxylic acids is 2. The molecule has 0 bridgehead atoms. The topological polar surface area (TPSA) is 114 Å². The molecule has 0 aliphatic carbocycles. The molecule has 10 nitrogen and oxygen atoms in total. The third kappa shape index (κ3) is 9.56. The molecular formula is C39H47N3O7S. The zero-order chi connectivity index (χ0) is 36.3. The molecule has 4 rings (SSSR count). The van der Waals surface area contributed by atoms with E-state index in [9.17, 15) is 18.0 Å². The van der Waals surface area contributed by atoms with Crippen LogP contribution in [0.15, 0.2) is 102 Å². The van der Waals surface area contributed by atoms with Crippen LogP contribution < -0.4 is 23.8 Å². The molecular weight excluding hydrogens is 655 g/mol. The summed E-state index contributed by atoms with van der Waals surface area (Å²) in [7, 11) is -1.48. The summed E-state index contributed by atoms with van der Waals surface area (Å²) < 4.78 is 46.4. The number of aryl methyl sites for hydroxylation is 1. The lowest BCUT2D eigenvalue weighted by atomic mass is 10.0. The van der Waals surface area contributed by atoms with Gasteiger partial charge in [-0.2, -0.15) is 0 Å². The van der Waals surface area contributed by atoms with Crippen LogP contribution in [0.3, 0.4) is 0 Å². The van der Waals surface area contributed by atoms with Crippen LogP contribution in [0.25, 0.3) is 0 Å². The first-order valence-corrected chi connectivity index (χ1v) is 18.1. The Morgan fingerprint density at radius 2 is 1.50 bits per heavy atom. The Morgan fingerprint density at radius 1 is 0.820 bits per heavy atom. The maximum atomic E-state index is 14.7. The molecule has 4 aromatic rings. The predicted octanol–water partition coefficient (Wildman–Crippen LogP) is 6.16. The molecule has 266 valence electrons. The van der Waals surface area contributed by atoms with Gasteiger partial charge in [-0.25, -0.2) is 8.42 Å². The van der Waals surface area contributed by atoms with E-state index in [4.69, 9.17) is 14.2 Å². The van der Waals surface area contributed by atoms with Crippen molar-refractivity contribution in [3.8, 4) is 17.2 Å². The molecule has 0 aliphatic rings. The largest absolute Gasteiger partial charge is 0.494 e. The van der Waals surface area contributed by atoms with E-state index in [1.807, 2.05) is 82.3 Å². The zero-order valence-electron chi connectivity index (χ0n) is 29.6. The summed E-state index contributed by atoms with van der Waals surface area (Å²) in [4.78, 5) is 30.2. The van der Waals surface area contributed by atoms with E-state index in [0.29, 0.717) is 24.5 Å². The normalized spacial score (nSPS) is 12.4. The van der Waals surface area contributed by atoms with Crippen LogP contribution in [-0.2, 0) is 32.6 Å². The second kappa shape index (κ2) is 17.6. The zero-order valence-corrected chi connectivity index (χ0v) is 30.4. The number of benzene rings is 4. The van der Waals surface area contributed by atoms with Gasteiger partial charge in [0.15, 0.2) is 11.5 Å². The van der Waals surface area contributed by atoms with Crippen LogP contribution in [0.2, 0.25) is 0 Å². The van der Waals surface area contributed by atoms with Crippen molar-refractivity contribution < 1.29 is 32.2 Å². The lowest BCUT2D eigenvalue weighted by Crippen LogP contribution is -2.54. The highest BCUT2D eigenvalue weighted by atomic mass is 32.2. The van der Waals surface area contributed by atoms with Crippen LogP contribution in [0.4, 0.5) is 5.69 Å². The summed E-state index contributed by atoms with van der Waals surface area (Å²) in [6.45, 7) is 7.62. The quantitative estimate of drug-likeness (QED) is 0.140. The Hall–Kier alpha value is -5.03. The van der Waals surface area contributed by atoms with Gasteiger partial charge in [-0.1, -0.05) is 67.1 Å². The number of rotatable bonds is 17. The maximum Gasteiger partial charge on any atom is 0.264 e. The fraction of sp³-hybridized carbons (Fsp3) is 0.333. The van der Waals surface area contributed by atoms with Gasteiger partial charge < -0.3 is 24.4 Å². The summed E-state index contributed by atoms with van der Waals surface area (Å²) in [6.07, 6.45) is 0.927. The molecule has 1 N–H and O–H groups in total. The number of amides is 2. The smallest absolute Gasteiger partial charge is 0.264 e. The second-order valence-electron chi connectivity index (χ2n) is 12.0. The van der Waals surface area contributed by atoms with Gasteiger partial charge in [-0.05, 0) is 74.7 Å². The number of methoxy groups -OCH3 is 2. The van der Waals surface area contributed by atoms with Crippen LogP contribution in [0.5, 0.6) is 17.2 Å². The van der Waals surface area contributed by atoms with Gasteiger partial charge >= 0.3 is 0 Å². The van der Waals surface area contributed by atoms with Crippen molar-refractivity contribution in [1.29, 1.82) is 0 Å². The number of nitrogens with one attached hydrogen (secondary N) is 1. The van der Waals surface area contributed by atoms with Crippen molar-refractivity contribution in [1.82, 2.24) is 10.2 Å². The molecule has 0 saturated carbocycles. The third-order valence-electron chi connectivity index (χ3n) is 8.37. The fourth-order valence-corrected chi connectivity index (χ4v) is 6.94. The van der Waals surface area contributed by atoms with E-state index in [0.717, 1.165) is 21.0 Å². The highest BCUT2D eigenvalue weighted by Gasteiger charge is 2.35. The molecule has 0 aromatic heterocycles. The summed E-state index contributed by atoms with van der Waals surface area (Å²) in [5, 5.41) is 3.06. The Labute approximate surface area is 296 Å². The van der Waals surface area contributed by atoms with Crippen LogP contribution in [0, 0.1) is 6.92 Å². The molecule has 0 radical (unpaired) electrons. The first-order valence-electron chi connectivity index (χ1n) is 16.7. The molecule has 0 spiro atoms. The van der Waals surface area contributed by atoms with Gasteiger partial charge in [0, 0.05) is 25.1 Å². The number of nitrogens with zero attached hydrogens (tertiary/aromatic N) is 2. The summed E-state index contributed by atoms with van der Waals surface area (Å²) in [5.74, 6) is 0.258. The van der Waals surface area contributed by atoms with Gasteiger partial charge in [0.05, 0.1) is 31.4 Å². The molecule has 4 aromatic carbocycles. The van der Waals surface area contributed by atoms with E-state index in [1.54, 1.807) is 24.3 Å². The first-order chi connectivity index (χ1) is 24.0. The minimum atomic E-state index is -4.36. The van der Waals surface area contributed by atoms with Crippen molar-refractivity contribution in [3.05, 3.63) is 114 Å². The summed E-state index contributed by atoms with van der Waals surface area (Å²) >= 11 is 0. The lowest BCUT2D eigenvalue weighted by molar-refractivity contribution is -0.140. The molecule has 11 heteroatoms. The average molecular weight is 702 g/mol. The van der Waals surface area contributed by atoms with Crippen LogP contribution >= 0.6 is 0 Å². The number of hydrogen-bond acceptors (Lipinski definition) is 7. The number of ether oxygens (including phenoxy) is 3. The molecule has 2 atom stereocenters. The van der Waals surface area contributed by atoms with Crippen molar-refractivity contribution in [2.75, 3.05) is 31.7 Å². The minimum absolute atomic E-state index is 0.0828. The van der Waals surface area contributed by atoms with Crippen LogP contribution in [0.1, 0.15) is 43.9 Å². The molecule has 0 heterocycles. The Morgan fingerprint density at radius 3 is 2.12 bits per heavy atom. The van der Waals surface area contributed by atoms with E-state index < -0.39 is 28.5 Å². The van der Waals surface area contributed by atoms with E-state index in [1.165, 1.54) is 37.3 Å². The number of anilines is 1. The number of sulfonamides is 1. The minimum Gasteiger partial charge on any atom is -0.494 e. The molecule has 0 fully saturated rings. The maximum absolute atomic E-state index is 14.7. The Bertz CT molecular complexity index is 1830. The Balaban J connectivity index is 1.84. The molecule has 0 unspecified atom stereocenters. The molecule has 0 saturated heterocycles. The summed E-state index contributed by atoms with van der Waals surface area (Å²) in [5.41, 5.74) is 2.91. The second-order valence-corrected chi connectivity index (χ2v) is 13.9. The van der Waals surface area contributed by atoms with Crippen molar-refractivity contribution >= 4 is 27.5 Å². The summed E-state index contributed by atoms with van der Waals surface area (Å²) in [6, 6.07) is 26.9. The number of hydrogen-bond donors (Lipinski definition) is 1. The van der Waals surface area contributed by atoms with Crippen molar-refractivity contribution in [2.45, 2.75) is 64.1 Å². The molecule has 2 amide bonds. The SMILES string of the molecule is CCOc1ccc(N(CC(=O)N(Cc2cccc(C)c2)[C@H](Cc2ccccc2)C(=O)N[C@H](C)CC)S(=O)(=O)c2ccc(OC)c(OC)c2)cc1. The highest BCUT2D eigenvalue weighted by molar-refractivity contribution is 7.92. The van der Waals surface area contributed by atoms with Crippen LogP contribution in [-0.4, -0.2) is 64.6 Å². The predicted molar refractivity (Wildman–Crippen MR) is 195 cm³/mol. The fourth-order valence-electron chi connectivity index (χ4n) is 5.51. The number of carbonyl (C=O) groups is 2. The molecule has 50 heavy (non-hydrogen) atoms. The highest BCUT2D eigenvalue weighted by Crippen LogP contribution is 2.33. The van der Waals surface area contributed by atoms with E-state index >= 15 is 0 Å². The first kappa shape index (κ1) is 37.8.